The predicted molar refractivity (Wildman–Crippen MR) is 73.9 cm³/mol. The van der Waals surface area contributed by atoms with Gasteiger partial charge in [-0.25, -0.2) is 4.79 Å². The largest absolute Gasteiger partial charge is 0.462 e. The molecule has 0 aliphatic carbocycles. The van der Waals surface area contributed by atoms with E-state index in [4.69, 9.17) is 10.5 Å². The number of nitrogens with zero attached hydrogens (tertiary/aromatic N) is 1. The molecule has 0 fully saturated rings. The lowest BCUT2D eigenvalue weighted by molar-refractivity contribution is 0.0526. The molecule has 0 unspecified atom stereocenters. The van der Waals surface area contributed by atoms with Gasteiger partial charge in [-0.3, -0.25) is 4.90 Å². The van der Waals surface area contributed by atoms with E-state index in [2.05, 4.69) is 11.5 Å². The summed E-state index contributed by atoms with van der Waals surface area (Å²) in [4.78, 5) is 15.4. The minimum absolute atomic E-state index is 0.287. The van der Waals surface area contributed by atoms with Gasteiger partial charge in [-0.1, -0.05) is 6.08 Å². The third kappa shape index (κ3) is 2.42. The number of rotatable bonds is 4. The van der Waals surface area contributed by atoms with Crippen molar-refractivity contribution in [2.75, 3.05) is 25.4 Å². The summed E-state index contributed by atoms with van der Waals surface area (Å²) in [5, 5.41) is 0.582. The van der Waals surface area contributed by atoms with E-state index in [1.807, 2.05) is 6.08 Å². The molecule has 0 amide bonds. The van der Waals surface area contributed by atoms with Gasteiger partial charge in [-0.2, -0.15) is 0 Å². The van der Waals surface area contributed by atoms with Crippen molar-refractivity contribution < 1.29 is 9.53 Å². The Bertz CT molecular complexity index is 468. The highest BCUT2D eigenvalue weighted by Gasteiger charge is 2.27. The van der Waals surface area contributed by atoms with Crippen molar-refractivity contribution in [1.82, 2.24) is 4.90 Å². The van der Waals surface area contributed by atoms with Gasteiger partial charge in [0, 0.05) is 24.5 Å². The number of carbonyl (C=O) groups excluding carboxylic acids is 1. The maximum absolute atomic E-state index is 11.9. The summed E-state index contributed by atoms with van der Waals surface area (Å²) in [6.45, 7) is 8.58. The molecule has 0 atom stereocenters. The van der Waals surface area contributed by atoms with Crippen molar-refractivity contribution in [3.8, 4) is 0 Å². The number of thiophene rings is 1. The first-order valence-electron chi connectivity index (χ1n) is 6.07. The molecule has 1 aromatic rings. The molecule has 0 saturated heterocycles. The van der Waals surface area contributed by atoms with Gasteiger partial charge in [0.2, 0.25) is 0 Å². The molecule has 0 aromatic carbocycles. The zero-order chi connectivity index (χ0) is 13.1. The predicted octanol–water partition coefficient (Wildman–Crippen LogP) is 2.05. The first-order chi connectivity index (χ1) is 8.67. The van der Waals surface area contributed by atoms with Crippen molar-refractivity contribution in [2.24, 2.45) is 0 Å². The number of hydrogen-bond acceptors (Lipinski definition) is 5. The van der Waals surface area contributed by atoms with E-state index in [0.717, 1.165) is 31.6 Å². The summed E-state index contributed by atoms with van der Waals surface area (Å²) in [5.74, 6) is -0.287. The van der Waals surface area contributed by atoms with E-state index >= 15 is 0 Å². The lowest BCUT2D eigenvalue weighted by atomic mass is 10.0. The molecule has 0 radical (unpaired) electrons. The monoisotopic (exact) mass is 266 g/mol. The first-order valence-corrected chi connectivity index (χ1v) is 6.89. The van der Waals surface area contributed by atoms with Crippen LogP contribution in [0.5, 0.6) is 0 Å². The average Bonchev–Trinajstić information content (AvgIpc) is 2.65. The van der Waals surface area contributed by atoms with Gasteiger partial charge in [0.15, 0.2) is 0 Å². The summed E-state index contributed by atoms with van der Waals surface area (Å²) < 4.78 is 5.07. The molecule has 2 rings (SSSR count). The molecule has 4 nitrogen and oxygen atoms in total. The second-order valence-electron chi connectivity index (χ2n) is 4.24. The fraction of sp³-hybridized carbons (Fsp3) is 0.462. The molecule has 1 aromatic heterocycles. The normalized spacial score (nSPS) is 15.2. The highest BCUT2D eigenvalue weighted by atomic mass is 32.1. The second kappa shape index (κ2) is 5.54. The molecule has 5 heteroatoms. The van der Waals surface area contributed by atoms with Crippen LogP contribution in [-0.2, 0) is 17.7 Å². The van der Waals surface area contributed by atoms with Crippen LogP contribution in [0.25, 0.3) is 0 Å². The summed E-state index contributed by atoms with van der Waals surface area (Å²) in [6, 6.07) is 0. The van der Waals surface area contributed by atoms with Crippen molar-refractivity contribution in [1.29, 1.82) is 0 Å². The number of hydrogen-bond donors (Lipinski definition) is 1. The van der Waals surface area contributed by atoms with Crippen LogP contribution in [0.4, 0.5) is 5.00 Å². The first kappa shape index (κ1) is 13.1. The van der Waals surface area contributed by atoms with Crippen LogP contribution in [0.3, 0.4) is 0 Å². The molecule has 0 bridgehead atoms. The average molecular weight is 266 g/mol. The maximum Gasteiger partial charge on any atom is 0.341 e. The van der Waals surface area contributed by atoms with Gasteiger partial charge in [-0.15, -0.1) is 17.9 Å². The highest BCUT2D eigenvalue weighted by Crippen LogP contribution is 2.35. The minimum Gasteiger partial charge on any atom is -0.462 e. The minimum atomic E-state index is -0.287. The van der Waals surface area contributed by atoms with Crippen LogP contribution in [0.1, 0.15) is 27.7 Å². The van der Waals surface area contributed by atoms with Crippen molar-refractivity contribution >= 4 is 22.3 Å². The van der Waals surface area contributed by atoms with Crippen LogP contribution in [-0.4, -0.2) is 30.6 Å². The number of ether oxygens (including phenoxy) is 1. The van der Waals surface area contributed by atoms with Gasteiger partial charge in [0.1, 0.15) is 5.00 Å². The van der Waals surface area contributed by atoms with Crippen molar-refractivity contribution in [2.45, 2.75) is 19.9 Å². The molecule has 18 heavy (non-hydrogen) atoms. The second-order valence-corrected chi connectivity index (χ2v) is 5.37. The van der Waals surface area contributed by atoms with E-state index in [1.165, 1.54) is 16.2 Å². The SMILES string of the molecule is C=CCN1CCc2c(sc(N)c2C(=O)OCC)C1. The van der Waals surface area contributed by atoms with Crippen LogP contribution in [0.2, 0.25) is 0 Å². The highest BCUT2D eigenvalue weighted by molar-refractivity contribution is 7.16. The third-order valence-corrected chi connectivity index (χ3v) is 4.08. The standard InChI is InChI=1S/C13H18N2O2S/c1-3-6-15-7-5-9-10(8-15)18-12(14)11(9)13(16)17-4-2/h3H,1,4-8,14H2,2H3. The summed E-state index contributed by atoms with van der Waals surface area (Å²) in [5.41, 5.74) is 7.62. The Morgan fingerprint density at radius 2 is 2.44 bits per heavy atom. The lowest BCUT2D eigenvalue weighted by Crippen LogP contribution is -2.30. The Morgan fingerprint density at radius 1 is 1.67 bits per heavy atom. The molecular formula is C13H18N2O2S. The molecule has 2 heterocycles. The van der Waals surface area contributed by atoms with E-state index in [0.29, 0.717) is 17.2 Å². The Kier molecular flexibility index (Phi) is 4.04. The van der Waals surface area contributed by atoms with Gasteiger partial charge in [0.25, 0.3) is 0 Å². The molecular weight excluding hydrogens is 248 g/mol. The van der Waals surface area contributed by atoms with Crippen LogP contribution >= 0.6 is 11.3 Å². The number of esters is 1. The molecule has 0 spiro atoms. The fourth-order valence-electron chi connectivity index (χ4n) is 2.24. The zero-order valence-electron chi connectivity index (χ0n) is 10.6. The molecule has 2 N–H and O–H groups in total. The number of nitrogen functional groups attached to an aromatic ring is 1. The summed E-state index contributed by atoms with van der Waals surface area (Å²) >= 11 is 1.50. The van der Waals surface area contributed by atoms with E-state index < -0.39 is 0 Å². The maximum atomic E-state index is 11.9. The number of anilines is 1. The van der Waals surface area contributed by atoms with Gasteiger partial charge < -0.3 is 10.5 Å². The van der Waals surface area contributed by atoms with Crippen LogP contribution in [0, 0.1) is 0 Å². The Morgan fingerprint density at radius 3 is 3.11 bits per heavy atom. The zero-order valence-corrected chi connectivity index (χ0v) is 11.4. The van der Waals surface area contributed by atoms with Gasteiger partial charge in [0.05, 0.1) is 12.2 Å². The summed E-state index contributed by atoms with van der Waals surface area (Å²) in [7, 11) is 0. The third-order valence-electron chi connectivity index (χ3n) is 3.03. The lowest BCUT2D eigenvalue weighted by Gasteiger charge is -2.25. The topological polar surface area (TPSA) is 55.6 Å². The van der Waals surface area contributed by atoms with Crippen molar-refractivity contribution in [3.05, 3.63) is 28.7 Å². The van der Waals surface area contributed by atoms with Crippen LogP contribution < -0.4 is 5.73 Å². The Hall–Kier alpha value is -1.33. The van der Waals surface area contributed by atoms with Gasteiger partial charge in [-0.05, 0) is 18.9 Å². The van der Waals surface area contributed by atoms with E-state index in [9.17, 15) is 4.79 Å². The number of fused-ring (bicyclic) bond motifs is 1. The Labute approximate surface area is 111 Å². The van der Waals surface area contributed by atoms with Crippen molar-refractivity contribution in [3.63, 3.8) is 0 Å². The van der Waals surface area contributed by atoms with Gasteiger partial charge >= 0.3 is 5.97 Å². The number of carbonyl (C=O) groups is 1. The fourth-order valence-corrected chi connectivity index (χ4v) is 3.39. The smallest absolute Gasteiger partial charge is 0.341 e. The Balaban J connectivity index is 2.25. The molecule has 98 valence electrons. The molecule has 0 saturated carbocycles. The number of nitrogens with two attached hydrogens (primary N) is 1. The summed E-state index contributed by atoms with van der Waals surface area (Å²) in [6.07, 6.45) is 2.75. The van der Waals surface area contributed by atoms with E-state index in [-0.39, 0.29) is 5.97 Å². The van der Waals surface area contributed by atoms with E-state index in [1.54, 1.807) is 6.92 Å². The van der Waals surface area contributed by atoms with Crippen LogP contribution in [0.15, 0.2) is 12.7 Å². The quantitative estimate of drug-likeness (QED) is 0.669. The molecule has 1 aliphatic heterocycles. The molecule has 1 aliphatic rings.